The van der Waals surface area contributed by atoms with Crippen LogP contribution in [0.2, 0.25) is 0 Å². The fourth-order valence-electron chi connectivity index (χ4n) is 3.26. The van der Waals surface area contributed by atoms with Gasteiger partial charge in [0.1, 0.15) is 5.60 Å². The van der Waals surface area contributed by atoms with Crippen molar-refractivity contribution in [2.24, 2.45) is 5.92 Å². The van der Waals surface area contributed by atoms with Crippen molar-refractivity contribution in [2.75, 3.05) is 31.6 Å². The quantitative estimate of drug-likeness (QED) is 0.587. The predicted octanol–water partition coefficient (Wildman–Crippen LogP) is 3.38. The molecule has 1 unspecified atom stereocenters. The van der Waals surface area contributed by atoms with Gasteiger partial charge in [0.15, 0.2) is 0 Å². The van der Waals surface area contributed by atoms with Gasteiger partial charge in [-0.1, -0.05) is 0 Å². The van der Waals surface area contributed by atoms with Gasteiger partial charge >= 0.3 is 12.2 Å². The first kappa shape index (κ1) is 25.5. The number of nitrogens with zero attached hydrogens (tertiary/aromatic N) is 1. The second-order valence-electron chi connectivity index (χ2n) is 9.09. The Morgan fingerprint density at radius 3 is 2.34 bits per heavy atom. The van der Waals surface area contributed by atoms with E-state index < -0.39 is 11.7 Å². The monoisotopic (exact) mass is 449 g/mol. The van der Waals surface area contributed by atoms with E-state index in [9.17, 15) is 14.4 Å². The van der Waals surface area contributed by atoms with Crippen molar-refractivity contribution in [1.82, 2.24) is 10.2 Å². The molecule has 3 amide bonds. The highest BCUT2D eigenvalue weighted by atomic mass is 16.6. The van der Waals surface area contributed by atoms with Crippen LogP contribution in [0, 0.1) is 5.92 Å². The Morgan fingerprint density at radius 2 is 1.78 bits per heavy atom. The number of carbonyl (C=O) groups is 3. The average Bonchev–Trinajstić information content (AvgIpc) is 2.73. The molecule has 0 saturated carbocycles. The van der Waals surface area contributed by atoms with E-state index >= 15 is 0 Å². The number of aliphatic hydroxyl groups excluding tert-OH is 1. The molecule has 1 aliphatic heterocycles. The molecule has 1 saturated heterocycles. The Morgan fingerprint density at radius 1 is 1.16 bits per heavy atom. The fourth-order valence-corrected chi connectivity index (χ4v) is 3.26. The summed E-state index contributed by atoms with van der Waals surface area (Å²) in [5, 5.41) is 14.3. The molecule has 32 heavy (non-hydrogen) atoms. The van der Waals surface area contributed by atoms with E-state index in [1.807, 2.05) is 20.8 Å². The van der Waals surface area contributed by atoms with Gasteiger partial charge in [-0.2, -0.15) is 0 Å². The molecule has 0 bridgehead atoms. The number of rotatable bonds is 7. The molecule has 1 aromatic carbocycles. The molecule has 3 N–H and O–H groups in total. The van der Waals surface area contributed by atoms with E-state index in [0.29, 0.717) is 36.9 Å². The minimum absolute atomic E-state index is 0.139. The summed E-state index contributed by atoms with van der Waals surface area (Å²) in [4.78, 5) is 37.9. The number of aliphatic hydroxyl groups is 1. The highest BCUT2D eigenvalue weighted by molar-refractivity contribution is 5.95. The molecule has 1 atom stereocenters. The molecule has 0 spiro atoms. The Kier molecular flexibility index (Phi) is 9.31. The van der Waals surface area contributed by atoms with E-state index in [2.05, 4.69) is 10.6 Å². The first-order chi connectivity index (χ1) is 15.1. The molecular formula is C23H35N3O6. The summed E-state index contributed by atoms with van der Waals surface area (Å²) in [5.41, 5.74) is 0.453. The SMILES string of the molecule is CC(CO)NC(=O)c1ccc(NC(=O)OCCC2CCN(C(=O)OC(C)(C)C)CC2)cc1. The lowest BCUT2D eigenvalue weighted by Gasteiger charge is -2.33. The van der Waals surface area contributed by atoms with Crippen molar-refractivity contribution >= 4 is 23.8 Å². The number of benzene rings is 1. The van der Waals surface area contributed by atoms with Crippen LogP contribution < -0.4 is 10.6 Å². The summed E-state index contributed by atoms with van der Waals surface area (Å²) in [7, 11) is 0. The molecule has 1 aliphatic rings. The van der Waals surface area contributed by atoms with Crippen LogP contribution in [0.4, 0.5) is 15.3 Å². The van der Waals surface area contributed by atoms with Gasteiger partial charge in [0.25, 0.3) is 5.91 Å². The molecule has 0 aliphatic carbocycles. The van der Waals surface area contributed by atoms with E-state index in [1.165, 1.54) is 0 Å². The minimum atomic E-state index is -0.553. The maximum Gasteiger partial charge on any atom is 0.411 e. The summed E-state index contributed by atoms with van der Waals surface area (Å²) in [6, 6.07) is 6.08. The number of hydrogen-bond donors (Lipinski definition) is 3. The van der Waals surface area contributed by atoms with E-state index in [1.54, 1.807) is 36.1 Å². The number of likely N-dealkylation sites (tertiary alicyclic amines) is 1. The summed E-state index contributed by atoms with van der Waals surface area (Å²) in [5.74, 6) is 0.0963. The van der Waals surface area contributed by atoms with E-state index in [-0.39, 0.29) is 24.6 Å². The number of ether oxygens (including phenoxy) is 2. The highest BCUT2D eigenvalue weighted by Crippen LogP contribution is 2.22. The van der Waals surface area contributed by atoms with E-state index in [0.717, 1.165) is 19.3 Å². The molecule has 1 fully saturated rings. The molecular weight excluding hydrogens is 414 g/mol. The van der Waals surface area contributed by atoms with Crippen LogP contribution in [0.15, 0.2) is 24.3 Å². The van der Waals surface area contributed by atoms with Crippen molar-refractivity contribution < 1.29 is 29.0 Å². The lowest BCUT2D eigenvalue weighted by Crippen LogP contribution is -2.41. The van der Waals surface area contributed by atoms with Crippen molar-refractivity contribution in [3.8, 4) is 0 Å². The third-order valence-corrected chi connectivity index (χ3v) is 5.07. The molecule has 9 heteroatoms. The Hall–Kier alpha value is -2.81. The van der Waals surface area contributed by atoms with Crippen LogP contribution in [0.3, 0.4) is 0 Å². The van der Waals surface area contributed by atoms with Gasteiger partial charge < -0.3 is 24.8 Å². The Balaban J connectivity index is 1.67. The summed E-state index contributed by atoms with van der Waals surface area (Å²) >= 11 is 0. The number of piperidine rings is 1. The van der Waals surface area contributed by atoms with Gasteiger partial charge in [-0.05, 0) is 77.1 Å². The lowest BCUT2D eigenvalue weighted by atomic mass is 9.94. The van der Waals surface area contributed by atoms with Crippen LogP contribution in [0.1, 0.15) is 57.3 Å². The molecule has 1 aromatic rings. The summed E-state index contributed by atoms with van der Waals surface area (Å²) in [6.07, 6.45) is 1.60. The van der Waals surface area contributed by atoms with Crippen molar-refractivity contribution in [3.05, 3.63) is 29.8 Å². The van der Waals surface area contributed by atoms with Crippen LogP contribution in [-0.4, -0.2) is 66.0 Å². The molecule has 178 valence electrons. The first-order valence-electron chi connectivity index (χ1n) is 11.0. The number of anilines is 1. The zero-order chi connectivity index (χ0) is 23.7. The predicted molar refractivity (Wildman–Crippen MR) is 121 cm³/mol. The normalized spacial score (nSPS) is 15.6. The number of hydrogen-bond acceptors (Lipinski definition) is 6. The maximum atomic E-state index is 12.1. The van der Waals surface area contributed by atoms with Crippen LogP contribution in [0.5, 0.6) is 0 Å². The van der Waals surface area contributed by atoms with Gasteiger partial charge in [-0.15, -0.1) is 0 Å². The Labute approximate surface area is 189 Å². The smallest absolute Gasteiger partial charge is 0.411 e. The van der Waals surface area contributed by atoms with Gasteiger partial charge in [-0.25, -0.2) is 9.59 Å². The second-order valence-corrected chi connectivity index (χ2v) is 9.09. The van der Waals surface area contributed by atoms with Gasteiger partial charge in [0.05, 0.1) is 13.2 Å². The largest absolute Gasteiger partial charge is 0.449 e. The molecule has 2 rings (SSSR count). The lowest BCUT2D eigenvalue weighted by molar-refractivity contribution is 0.0175. The first-order valence-corrected chi connectivity index (χ1v) is 11.0. The van der Waals surface area contributed by atoms with E-state index in [4.69, 9.17) is 14.6 Å². The zero-order valence-corrected chi connectivity index (χ0v) is 19.3. The summed E-state index contributed by atoms with van der Waals surface area (Å²) in [6.45, 7) is 8.70. The molecule has 9 nitrogen and oxygen atoms in total. The van der Waals surface area contributed by atoms with Crippen LogP contribution >= 0.6 is 0 Å². The molecule has 0 aromatic heterocycles. The zero-order valence-electron chi connectivity index (χ0n) is 19.3. The summed E-state index contributed by atoms with van der Waals surface area (Å²) < 4.78 is 10.7. The number of carbonyl (C=O) groups excluding carboxylic acids is 3. The van der Waals surface area contributed by atoms with Gasteiger partial charge in [0, 0.05) is 30.4 Å². The Bertz CT molecular complexity index is 767. The van der Waals surface area contributed by atoms with Crippen molar-refractivity contribution in [2.45, 2.75) is 58.6 Å². The average molecular weight is 450 g/mol. The minimum Gasteiger partial charge on any atom is -0.449 e. The number of nitrogens with one attached hydrogen (secondary N) is 2. The molecule has 0 radical (unpaired) electrons. The van der Waals surface area contributed by atoms with Crippen LogP contribution in [-0.2, 0) is 9.47 Å². The van der Waals surface area contributed by atoms with Crippen molar-refractivity contribution in [1.29, 1.82) is 0 Å². The number of amides is 3. The standard InChI is InChI=1S/C23H35N3O6/c1-16(15-27)24-20(28)18-5-7-19(8-6-18)25-21(29)31-14-11-17-9-12-26(13-10-17)22(30)32-23(2,3)4/h5-8,16-17,27H,9-15H2,1-4H3,(H,24,28)(H,25,29). The third kappa shape index (κ3) is 8.74. The topological polar surface area (TPSA) is 117 Å². The third-order valence-electron chi connectivity index (χ3n) is 5.07. The van der Waals surface area contributed by atoms with Gasteiger partial charge in [0.2, 0.25) is 0 Å². The molecule has 1 heterocycles. The fraction of sp³-hybridized carbons (Fsp3) is 0.609. The van der Waals surface area contributed by atoms with Crippen molar-refractivity contribution in [3.63, 3.8) is 0 Å². The highest BCUT2D eigenvalue weighted by Gasteiger charge is 2.26. The second kappa shape index (κ2) is 11.7. The van der Waals surface area contributed by atoms with Crippen LogP contribution in [0.25, 0.3) is 0 Å². The van der Waals surface area contributed by atoms with Gasteiger partial charge in [-0.3, -0.25) is 10.1 Å². The maximum absolute atomic E-state index is 12.1.